The molecule has 2 unspecified atom stereocenters. The van der Waals surface area contributed by atoms with Crippen molar-refractivity contribution in [2.45, 2.75) is 38.1 Å². The molecule has 170 valence electrons. The Hall–Kier alpha value is -3.39. The lowest BCUT2D eigenvalue weighted by Crippen LogP contribution is -2.46. The van der Waals surface area contributed by atoms with Crippen molar-refractivity contribution in [3.8, 4) is 11.5 Å². The molecule has 0 saturated carbocycles. The van der Waals surface area contributed by atoms with Crippen molar-refractivity contribution >= 4 is 23.8 Å². The van der Waals surface area contributed by atoms with Gasteiger partial charge in [0.05, 0.1) is 12.3 Å². The SMILES string of the molecule is CCOC(=O)[C@@H](CC1C=Nc2ccccc21)NC(=O)C(CCO)Cc1ccc(O)cc1O. The van der Waals surface area contributed by atoms with E-state index in [4.69, 9.17) is 4.74 Å². The van der Waals surface area contributed by atoms with Gasteiger partial charge < -0.3 is 25.4 Å². The van der Waals surface area contributed by atoms with Gasteiger partial charge in [-0.15, -0.1) is 0 Å². The molecule has 32 heavy (non-hydrogen) atoms. The van der Waals surface area contributed by atoms with E-state index in [9.17, 15) is 24.9 Å². The van der Waals surface area contributed by atoms with Crippen molar-refractivity contribution in [3.05, 3.63) is 53.6 Å². The second-order valence-electron chi connectivity index (χ2n) is 7.72. The Labute approximate surface area is 186 Å². The molecule has 0 aromatic heterocycles. The van der Waals surface area contributed by atoms with Gasteiger partial charge in [0.25, 0.3) is 0 Å². The number of ether oxygens (including phenoxy) is 1. The first kappa shape index (κ1) is 23.3. The van der Waals surface area contributed by atoms with Crippen LogP contribution in [0.4, 0.5) is 5.69 Å². The maximum Gasteiger partial charge on any atom is 0.328 e. The number of phenols is 2. The van der Waals surface area contributed by atoms with Gasteiger partial charge in [-0.1, -0.05) is 24.3 Å². The molecule has 0 spiro atoms. The minimum atomic E-state index is -0.889. The van der Waals surface area contributed by atoms with E-state index in [1.54, 1.807) is 13.1 Å². The number of rotatable bonds is 10. The molecule has 2 aromatic rings. The van der Waals surface area contributed by atoms with Gasteiger partial charge in [-0.2, -0.15) is 0 Å². The lowest BCUT2D eigenvalue weighted by Gasteiger charge is -2.23. The highest BCUT2D eigenvalue weighted by Crippen LogP contribution is 2.34. The maximum atomic E-state index is 13.1. The van der Waals surface area contributed by atoms with Crippen molar-refractivity contribution in [2.24, 2.45) is 10.9 Å². The second-order valence-corrected chi connectivity index (χ2v) is 7.72. The standard InChI is InChI=1S/C24H28N2O6/c1-2-32-24(31)21(12-17-14-25-20-6-4-3-5-19(17)20)26-23(30)16(9-10-27)11-15-7-8-18(28)13-22(15)29/h3-8,13-14,16-17,21,27-29H,2,9-12H2,1H3,(H,26,30)/t16?,17?,21-/m1/s1. The number of hydrogen-bond acceptors (Lipinski definition) is 7. The number of para-hydroxylation sites is 1. The maximum absolute atomic E-state index is 13.1. The van der Waals surface area contributed by atoms with E-state index in [1.165, 1.54) is 18.2 Å². The highest BCUT2D eigenvalue weighted by Gasteiger charge is 2.31. The molecule has 0 bridgehead atoms. The number of benzene rings is 2. The Kier molecular flexibility index (Phi) is 7.83. The number of nitrogens with zero attached hydrogens (tertiary/aromatic N) is 1. The van der Waals surface area contributed by atoms with Gasteiger partial charge in [-0.25, -0.2) is 4.79 Å². The molecule has 3 atom stereocenters. The number of amides is 1. The number of nitrogens with one attached hydrogen (secondary N) is 1. The summed E-state index contributed by atoms with van der Waals surface area (Å²) in [5.74, 6) is -2.01. The van der Waals surface area contributed by atoms with Crippen LogP contribution in [-0.4, -0.2) is 52.7 Å². The van der Waals surface area contributed by atoms with Crippen molar-refractivity contribution < 1.29 is 29.6 Å². The number of hydrogen-bond donors (Lipinski definition) is 4. The van der Waals surface area contributed by atoms with Crippen LogP contribution < -0.4 is 5.32 Å². The molecular formula is C24H28N2O6. The summed E-state index contributed by atoms with van der Waals surface area (Å²) >= 11 is 0. The minimum Gasteiger partial charge on any atom is -0.508 e. The first-order valence-corrected chi connectivity index (χ1v) is 10.6. The average molecular weight is 440 g/mol. The van der Waals surface area contributed by atoms with Crippen LogP contribution in [-0.2, 0) is 20.7 Å². The molecule has 0 fully saturated rings. The van der Waals surface area contributed by atoms with Crippen molar-refractivity contribution in [1.82, 2.24) is 5.32 Å². The average Bonchev–Trinajstić information content (AvgIpc) is 3.17. The molecule has 1 aliphatic heterocycles. The summed E-state index contributed by atoms with van der Waals surface area (Å²) in [6, 6.07) is 10.9. The van der Waals surface area contributed by atoms with Crippen LogP contribution in [0, 0.1) is 5.92 Å². The molecule has 3 rings (SSSR count). The molecule has 8 nitrogen and oxygen atoms in total. The lowest BCUT2D eigenvalue weighted by atomic mass is 9.92. The van der Waals surface area contributed by atoms with Crippen molar-refractivity contribution in [3.63, 3.8) is 0 Å². The molecule has 8 heteroatoms. The van der Waals surface area contributed by atoms with E-state index >= 15 is 0 Å². The van der Waals surface area contributed by atoms with Crippen LogP contribution >= 0.6 is 0 Å². The molecule has 0 saturated heterocycles. The largest absolute Gasteiger partial charge is 0.508 e. The van der Waals surface area contributed by atoms with Crippen LogP contribution in [0.25, 0.3) is 0 Å². The van der Waals surface area contributed by atoms with Crippen LogP contribution in [0.3, 0.4) is 0 Å². The van der Waals surface area contributed by atoms with Gasteiger partial charge in [0.15, 0.2) is 0 Å². The highest BCUT2D eigenvalue weighted by atomic mass is 16.5. The fourth-order valence-electron chi connectivity index (χ4n) is 3.83. The zero-order valence-electron chi connectivity index (χ0n) is 17.9. The normalized spacial score (nSPS) is 16.2. The fourth-order valence-corrected chi connectivity index (χ4v) is 3.83. The Morgan fingerprint density at radius 1 is 1.19 bits per heavy atom. The summed E-state index contributed by atoms with van der Waals surface area (Å²) in [6.45, 7) is 1.65. The van der Waals surface area contributed by atoms with Crippen LogP contribution in [0.2, 0.25) is 0 Å². The zero-order valence-corrected chi connectivity index (χ0v) is 17.9. The quantitative estimate of drug-likeness (QED) is 0.421. The van der Waals surface area contributed by atoms with E-state index in [0.717, 1.165) is 11.3 Å². The summed E-state index contributed by atoms with van der Waals surface area (Å²) < 4.78 is 5.18. The number of carbonyl (C=O) groups excluding carboxylic acids is 2. The summed E-state index contributed by atoms with van der Waals surface area (Å²) in [7, 11) is 0. The third-order valence-electron chi connectivity index (χ3n) is 5.49. The van der Waals surface area contributed by atoms with Gasteiger partial charge >= 0.3 is 5.97 Å². The molecule has 1 heterocycles. The predicted octanol–water partition coefficient (Wildman–Crippen LogP) is 2.58. The topological polar surface area (TPSA) is 128 Å². The Morgan fingerprint density at radius 2 is 1.97 bits per heavy atom. The number of aliphatic imine (C=N–C) groups is 1. The number of phenolic OH excluding ortho intramolecular Hbond substituents is 2. The van der Waals surface area contributed by atoms with Gasteiger partial charge in [0, 0.05) is 30.7 Å². The summed E-state index contributed by atoms with van der Waals surface area (Å²) in [4.78, 5) is 30.1. The summed E-state index contributed by atoms with van der Waals surface area (Å²) in [6.07, 6.45) is 2.35. The third kappa shape index (κ3) is 5.64. The Bertz CT molecular complexity index is 990. The zero-order chi connectivity index (χ0) is 23.1. The number of aliphatic hydroxyl groups excluding tert-OH is 1. The van der Waals surface area contributed by atoms with Gasteiger partial charge in [0.1, 0.15) is 17.5 Å². The van der Waals surface area contributed by atoms with E-state index < -0.39 is 23.8 Å². The van der Waals surface area contributed by atoms with Crippen LogP contribution in [0.15, 0.2) is 47.5 Å². The van der Waals surface area contributed by atoms with E-state index in [0.29, 0.717) is 12.0 Å². The molecular weight excluding hydrogens is 412 g/mol. The minimum absolute atomic E-state index is 0.0877. The smallest absolute Gasteiger partial charge is 0.328 e. The van der Waals surface area contributed by atoms with E-state index in [-0.39, 0.29) is 43.5 Å². The predicted molar refractivity (Wildman–Crippen MR) is 119 cm³/mol. The Balaban J connectivity index is 1.75. The second kappa shape index (κ2) is 10.8. The first-order chi connectivity index (χ1) is 15.4. The summed E-state index contributed by atoms with van der Waals surface area (Å²) in [5.41, 5.74) is 2.28. The van der Waals surface area contributed by atoms with Crippen molar-refractivity contribution in [1.29, 1.82) is 0 Å². The molecule has 2 aromatic carbocycles. The van der Waals surface area contributed by atoms with Gasteiger partial charge in [-0.05, 0) is 49.4 Å². The number of aliphatic hydroxyl groups is 1. The number of esters is 1. The fraction of sp³-hybridized carbons (Fsp3) is 0.375. The molecule has 4 N–H and O–H groups in total. The number of aromatic hydroxyl groups is 2. The van der Waals surface area contributed by atoms with E-state index in [1.807, 2.05) is 24.3 Å². The molecule has 1 aliphatic rings. The van der Waals surface area contributed by atoms with Gasteiger partial charge in [0.2, 0.25) is 5.91 Å². The lowest BCUT2D eigenvalue weighted by molar-refractivity contribution is -0.148. The molecule has 1 amide bonds. The van der Waals surface area contributed by atoms with E-state index in [2.05, 4.69) is 10.3 Å². The highest BCUT2D eigenvalue weighted by molar-refractivity contribution is 5.87. The number of carbonyl (C=O) groups is 2. The monoisotopic (exact) mass is 440 g/mol. The first-order valence-electron chi connectivity index (χ1n) is 10.6. The summed E-state index contributed by atoms with van der Waals surface area (Å²) in [5, 5.41) is 31.8. The van der Waals surface area contributed by atoms with Crippen molar-refractivity contribution in [2.75, 3.05) is 13.2 Å². The molecule has 0 aliphatic carbocycles. The number of fused-ring (bicyclic) bond motifs is 1. The van der Waals surface area contributed by atoms with Crippen LogP contribution in [0.5, 0.6) is 11.5 Å². The van der Waals surface area contributed by atoms with Gasteiger partial charge in [-0.3, -0.25) is 9.79 Å². The Morgan fingerprint density at radius 3 is 2.69 bits per heavy atom. The molecule has 0 radical (unpaired) electrons. The van der Waals surface area contributed by atoms with Crippen LogP contribution in [0.1, 0.15) is 36.8 Å². The third-order valence-corrected chi connectivity index (χ3v) is 5.49.